The molecule has 3 heteroatoms. The van der Waals surface area contributed by atoms with Gasteiger partial charge in [0.15, 0.2) is 0 Å². The average Bonchev–Trinajstić information content (AvgIpc) is 2.74. The van der Waals surface area contributed by atoms with E-state index in [2.05, 4.69) is 4.90 Å². The van der Waals surface area contributed by atoms with Gasteiger partial charge in [0, 0.05) is 12.6 Å². The van der Waals surface area contributed by atoms with Crippen LogP contribution in [0.1, 0.15) is 38.5 Å². The Morgan fingerprint density at radius 2 is 2.00 bits per heavy atom. The van der Waals surface area contributed by atoms with Crippen molar-refractivity contribution in [3.8, 4) is 0 Å². The first-order chi connectivity index (χ1) is 7.34. The van der Waals surface area contributed by atoms with E-state index in [9.17, 15) is 0 Å². The molecule has 0 aromatic carbocycles. The van der Waals surface area contributed by atoms with Crippen LogP contribution in [0.3, 0.4) is 0 Å². The Balaban J connectivity index is 1.53. The molecule has 0 spiro atoms. The third kappa shape index (κ3) is 3.74. The lowest BCUT2D eigenvalue weighted by molar-refractivity contribution is 0.0971. The van der Waals surface area contributed by atoms with E-state index < -0.39 is 0 Å². The Labute approximate surface area is 93.0 Å². The fourth-order valence-corrected chi connectivity index (χ4v) is 2.59. The highest BCUT2D eigenvalue weighted by Gasteiger charge is 2.18. The third-order valence-electron chi connectivity index (χ3n) is 3.66. The molecule has 2 N–H and O–H groups in total. The molecule has 2 fully saturated rings. The van der Waals surface area contributed by atoms with Gasteiger partial charge in [-0.05, 0) is 58.2 Å². The van der Waals surface area contributed by atoms with E-state index >= 15 is 0 Å². The highest BCUT2D eigenvalue weighted by Crippen LogP contribution is 2.17. The number of ether oxygens (including phenoxy) is 1. The van der Waals surface area contributed by atoms with Crippen molar-refractivity contribution in [2.24, 2.45) is 5.73 Å². The van der Waals surface area contributed by atoms with E-state index in [-0.39, 0.29) is 0 Å². The number of hydrogen-bond acceptors (Lipinski definition) is 3. The lowest BCUT2D eigenvalue weighted by atomic mass is 10.1. The molecule has 0 amide bonds. The van der Waals surface area contributed by atoms with Crippen molar-refractivity contribution >= 4 is 0 Å². The Kier molecular flexibility index (Phi) is 4.42. The lowest BCUT2D eigenvalue weighted by Gasteiger charge is -2.30. The quantitative estimate of drug-likeness (QED) is 0.765. The molecule has 3 nitrogen and oxygen atoms in total. The van der Waals surface area contributed by atoms with Gasteiger partial charge in [0.2, 0.25) is 0 Å². The summed E-state index contributed by atoms with van der Waals surface area (Å²) in [6, 6.07) is 0.458. The average molecular weight is 212 g/mol. The first-order valence-electron chi connectivity index (χ1n) is 6.44. The van der Waals surface area contributed by atoms with Crippen molar-refractivity contribution in [2.45, 2.75) is 50.7 Å². The van der Waals surface area contributed by atoms with Gasteiger partial charge >= 0.3 is 0 Å². The van der Waals surface area contributed by atoms with Crippen LogP contribution in [-0.4, -0.2) is 43.3 Å². The largest absolute Gasteiger partial charge is 0.378 e. The van der Waals surface area contributed by atoms with Crippen LogP contribution in [-0.2, 0) is 4.74 Å². The molecule has 2 heterocycles. The van der Waals surface area contributed by atoms with Crippen molar-refractivity contribution in [1.29, 1.82) is 0 Å². The topological polar surface area (TPSA) is 38.5 Å². The number of nitrogens with two attached hydrogens (primary N) is 1. The third-order valence-corrected chi connectivity index (χ3v) is 3.66. The molecule has 0 saturated carbocycles. The van der Waals surface area contributed by atoms with Crippen molar-refractivity contribution in [3.05, 3.63) is 0 Å². The lowest BCUT2D eigenvalue weighted by Crippen LogP contribution is -2.40. The summed E-state index contributed by atoms with van der Waals surface area (Å²) >= 11 is 0. The van der Waals surface area contributed by atoms with Crippen LogP contribution in [0.2, 0.25) is 0 Å². The molecule has 0 aromatic heterocycles. The fourth-order valence-electron chi connectivity index (χ4n) is 2.59. The zero-order valence-corrected chi connectivity index (χ0v) is 9.66. The minimum Gasteiger partial charge on any atom is -0.378 e. The van der Waals surface area contributed by atoms with Crippen molar-refractivity contribution in [3.63, 3.8) is 0 Å². The molecular weight excluding hydrogens is 188 g/mol. The second-order valence-electron chi connectivity index (χ2n) is 4.96. The molecule has 88 valence electrons. The second-order valence-corrected chi connectivity index (χ2v) is 4.96. The van der Waals surface area contributed by atoms with E-state index in [1.807, 2.05) is 0 Å². The van der Waals surface area contributed by atoms with Gasteiger partial charge in [-0.2, -0.15) is 0 Å². The van der Waals surface area contributed by atoms with Gasteiger partial charge in [-0.15, -0.1) is 0 Å². The Hall–Kier alpha value is -0.120. The molecular formula is C12H24N2O. The summed E-state index contributed by atoms with van der Waals surface area (Å²) in [5.41, 5.74) is 5.88. The first-order valence-corrected chi connectivity index (χ1v) is 6.44. The monoisotopic (exact) mass is 212 g/mol. The van der Waals surface area contributed by atoms with E-state index in [1.54, 1.807) is 0 Å². The molecule has 0 aromatic rings. The molecule has 2 aliphatic heterocycles. The van der Waals surface area contributed by atoms with Gasteiger partial charge in [0.1, 0.15) is 0 Å². The zero-order valence-electron chi connectivity index (χ0n) is 9.66. The maximum absolute atomic E-state index is 5.88. The smallest absolute Gasteiger partial charge is 0.0576 e. The summed E-state index contributed by atoms with van der Waals surface area (Å²) in [6.07, 6.45) is 8.02. The van der Waals surface area contributed by atoms with E-state index in [0.717, 1.165) is 6.61 Å². The number of nitrogens with zero attached hydrogens (tertiary/aromatic N) is 1. The van der Waals surface area contributed by atoms with Gasteiger partial charge < -0.3 is 15.4 Å². The SMILES string of the molecule is NC1CCN(CCCC2CCCO2)CC1. The van der Waals surface area contributed by atoms with Crippen LogP contribution in [0, 0.1) is 0 Å². The summed E-state index contributed by atoms with van der Waals surface area (Å²) in [4.78, 5) is 2.55. The van der Waals surface area contributed by atoms with Gasteiger partial charge in [0.25, 0.3) is 0 Å². The molecule has 2 saturated heterocycles. The molecule has 2 aliphatic rings. The predicted octanol–water partition coefficient (Wildman–Crippen LogP) is 1.37. The number of piperidine rings is 1. The van der Waals surface area contributed by atoms with Crippen LogP contribution in [0.4, 0.5) is 0 Å². The molecule has 1 unspecified atom stereocenters. The second kappa shape index (κ2) is 5.83. The van der Waals surface area contributed by atoms with E-state index in [0.29, 0.717) is 12.1 Å². The maximum atomic E-state index is 5.88. The molecule has 0 bridgehead atoms. The van der Waals surface area contributed by atoms with Gasteiger partial charge in [0.05, 0.1) is 6.10 Å². The summed E-state index contributed by atoms with van der Waals surface area (Å²) in [5.74, 6) is 0. The van der Waals surface area contributed by atoms with Crippen molar-refractivity contribution < 1.29 is 4.74 Å². The molecule has 0 radical (unpaired) electrons. The first kappa shape index (κ1) is 11.4. The Bertz CT molecular complexity index is 172. The number of hydrogen-bond donors (Lipinski definition) is 1. The van der Waals surface area contributed by atoms with Gasteiger partial charge in [-0.3, -0.25) is 0 Å². The standard InChI is InChI=1S/C12H24N2O/c13-11-5-8-14(9-6-11)7-1-3-12-4-2-10-15-12/h11-12H,1-10,13H2. The Morgan fingerprint density at radius 1 is 1.20 bits per heavy atom. The number of rotatable bonds is 4. The van der Waals surface area contributed by atoms with Crippen LogP contribution in [0.15, 0.2) is 0 Å². The minimum atomic E-state index is 0.458. The summed E-state index contributed by atoms with van der Waals surface area (Å²) in [5, 5.41) is 0. The highest BCUT2D eigenvalue weighted by molar-refractivity contribution is 4.74. The Morgan fingerprint density at radius 3 is 2.67 bits per heavy atom. The van der Waals surface area contributed by atoms with Crippen LogP contribution < -0.4 is 5.73 Å². The summed E-state index contributed by atoms with van der Waals surface area (Å²) in [6.45, 7) is 4.63. The predicted molar refractivity (Wildman–Crippen MR) is 61.9 cm³/mol. The highest BCUT2D eigenvalue weighted by atomic mass is 16.5. The summed E-state index contributed by atoms with van der Waals surface area (Å²) < 4.78 is 5.62. The van der Waals surface area contributed by atoms with Crippen LogP contribution >= 0.6 is 0 Å². The molecule has 2 rings (SSSR count). The molecule has 15 heavy (non-hydrogen) atoms. The maximum Gasteiger partial charge on any atom is 0.0576 e. The van der Waals surface area contributed by atoms with Gasteiger partial charge in [-0.25, -0.2) is 0 Å². The molecule has 1 atom stereocenters. The summed E-state index contributed by atoms with van der Waals surface area (Å²) in [7, 11) is 0. The fraction of sp³-hybridized carbons (Fsp3) is 1.00. The van der Waals surface area contributed by atoms with Gasteiger partial charge in [-0.1, -0.05) is 0 Å². The zero-order chi connectivity index (χ0) is 10.5. The normalized spacial score (nSPS) is 29.8. The number of likely N-dealkylation sites (tertiary alicyclic amines) is 1. The van der Waals surface area contributed by atoms with Crippen LogP contribution in [0.25, 0.3) is 0 Å². The van der Waals surface area contributed by atoms with E-state index in [1.165, 1.54) is 58.2 Å². The van der Waals surface area contributed by atoms with Crippen molar-refractivity contribution in [1.82, 2.24) is 4.90 Å². The van der Waals surface area contributed by atoms with Crippen LogP contribution in [0.5, 0.6) is 0 Å². The minimum absolute atomic E-state index is 0.458. The van der Waals surface area contributed by atoms with E-state index in [4.69, 9.17) is 10.5 Å². The van der Waals surface area contributed by atoms with Crippen molar-refractivity contribution in [2.75, 3.05) is 26.2 Å². The molecule has 0 aliphatic carbocycles.